The fourth-order valence-corrected chi connectivity index (χ4v) is 3.62. The number of sulfonamides is 1. The molecule has 0 bridgehead atoms. The van der Waals surface area contributed by atoms with E-state index in [1.165, 1.54) is 16.7 Å². The summed E-state index contributed by atoms with van der Waals surface area (Å²) in [4.78, 5) is 7.51. The maximum atomic E-state index is 12.5. The molecule has 1 aromatic rings. The van der Waals surface area contributed by atoms with Gasteiger partial charge in [-0.2, -0.15) is 4.31 Å². The van der Waals surface area contributed by atoms with Gasteiger partial charge in [0.05, 0.1) is 18.0 Å². The highest BCUT2D eigenvalue weighted by Crippen LogP contribution is 2.27. The molecule has 0 amide bonds. The molecule has 1 aliphatic heterocycles. The lowest BCUT2D eigenvalue weighted by Gasteiger charge is -2.38. The molecular weight excluding hydrogens is 268 g/mol. The molecule has 7 nitrogen and oxygen atoms in total. The Bertz CT molecular complexity index is 546. The van der Waals surface area contributed by atoms with Crippen molar-refractivity contribution in [2.24, 2.45) is 0 Å². The number of ether oxygens (including phenoxy) is 1. The molecule has 0 aliphatic carbocycles. The van der Waals surface area contributed by atoms with Crippen molar-refractivity contribution in [3.8, 4) is 0 Å². The fraction of sp³-hybridized carbons (Fsp3) is 0.636. The number of methoxy groups -OCH3 is 1. The van der Waals surface area contributed by atoms with Crippen molar-refractivity contribution in [3.63, 3.8) is 0 Å². The minimum atomic E-state index is -3.59. The SMILES string of the molecule is COC1(C)CCCN(S(=O)(=O)c2cnc(N)nc2)C1. The number of nitrogen functional groups attached to an aromatic ring is 1. The summed E-state index contributed by atoms with van der Waals surface area (Å²) in [5, 5.41) is 0. The molecule has 0 radical (unpaired) electrons. The molecule has 1 atom stereocenters. The molecule has 8 heteroatoms. The Hall–Kier alpha value is -1.25. The first-order valence-corrected chi connectivity index (χ1v) is 7.44. The Morgan fingerprint density at radius 2 is 2.05 bits per heavy atom. The van der Waals surface area contributed by atoms with Crippen LogP contribution in [0, 0.1) is 0 Å². The minimum absolute atomic E-state index is 0.0549. The second kappa shape index (κ2) is 5.03. The molecule has 2 N–H and O–H groups in total. The fourth-order valence-electron chi connectivity index (χ4n) is 2.14. The summed E-state index contributed by atoms with van der Waals surface area (Å²) in [6, 6.07) is 0. The van der Waals surface area contributed by atoms with Gasteiger partial charge in [-0.1, -0.05) is 0 Å². The van der Waals surface area contributed by atoms with Gasteiger partial charge in [-0.3, -0.25) is 0 Å². The van der Waals surface area contributed by atoms with Crippen LogP contribution in [-0.4, -0.2) is 48.5 Å². The molecule has 0 aromatic carbocycles. The van der Waals surface area contributed by atoms with E-state index in [0.29, 0.717) is 13.1 Å². The first kappa shape index (κ1) is 14.2. The summed E-state index contributed by atoms with van der Waals surface area (Å²) in [7, 11) is -1.99. The number of nitrogens with two attached hydrogens (primary N) is 1. The van der Waals surface area contributed by atoms with Crippen LogP contribution < -0.4 is 5.73 Å². The van der Waals surface area contributed by atoms with Crippen molar-refractivity contribution >= 4 is 16.0 Å². The summed E-state index contributed by atoms with van der Waals surface area (Å²) in [5.74, 6) is 0.0549. The third-order valence-electron chi connectivity index (χ3n) is 3.40. The number of aromatic nitrogens is 2. The number of piperidine rings is 1. The molecule has 2 heterocycles. The van der Waals surface area contributed by atoms with Crippen molar-refractivity contribution in [2.45, 2.75) is 30.3 Å². The van der Waals surface area contributed by atoms with Gasteiger partial charge < -0.3 is 10.5 Å². The van der Waals surface area contributed by atoms with Crippen LogP contribution in [0.25, 0.3) is 0 Å². The second-order valence-electron chi connectivity index (χ2n) is 4.87. The third kappa shape index (κ3) is 2.85. The molecule has 1 fully saturated rings. The normalized spacial score (nSPS) is 25.4. The van der Waals surface area contributed by atoms with Crippen molar-refractivity contribution in [3.05, 3.63) is 12.4 Å². The number of nitrogens with zero attached hydrogens (tertiary/aromatic N) is 3. The molecule has 1 aliphatic rings. The van der Waals surface area contributed by atoms with Gasteiger partial charge >= 0.3 is 0 Å². The highest BCUT2D eigenvalue weighted by atomic mass is 32.2. The second-order valence-corrected chi connectivity index (χ2v) is 6.81. The molecule has 1 saturated heterocycles. The molecule has 1 aromatic heterocycles. The zero-order chi connectivity index (χ0) is 14.1. The molecular formula is C11H18N4O3S. The van der Waals surface area contributed by atoms with Crippen molar-refractivity contribution in [1.29, 1.82) is 0 Å². The van der Waals surface area contributed by atoms with E-state index in [4.69, 9.17) is 10.5 Å². The van der Waals surface area contributed by atoms with E-state index in [-0.39, 0.29) is 10.8 Å². The molecule has 0 spiro atoms. The Balaban J connectivity index is 2.27. The van der Waals surface area contributed by atoms with E-state index < -0.39 is 15.6 Å². The average molecular weight is 286 g/mol. The number of rotatable bonds is 3. The van der Waals surface area contributed by atoms with Crippen molar-refractivity contribution in [2.75, 3.05) is 25.9 Å². The summed E-state index contributed by atoms with van der Waals surface area (Å²) in [6.07, 6.45) is 4.07. The van der Waals surface area contributed by atoms with Gasteiger partial charge in [0.1, 0.15) is 4.90 Å². The Kier molecular flexibility index (Phi) is 3.75. The standard InChI is InChI=1S/C11H18N4O3S/c1-11(18-2)4-3-5-15(8-11)19(16,17)9-6-13-10(12)14-7-9/h6-7H,3-5,8H2,1-2H3,(H2,12,13,14). The van der Waals surface area contributed by atoms with Gasteiger partial charge in [-0.25, -0.2) is 18.4 Å². The molecule has 0 saturated carbocycles. The topological polar surface area (TPSA) is 98.4 Å². The average Bonchev–Trinajstić information content (AvgIpc) is 2.39. The summed E-state index contributed by atoms with van der Waals surface area (Å²) >= 11 is 0. The zero-order valence-corrected chi connectivity index (χ0v) is 11.9. The quantitative estimate of drug-likeness (QED) is 0.855. The van der Waals surface area contributed by atoms with Crippen LogP contribution in [0.15, 0.2) is 17.3 Å². The van der Waals surface area contributed by atoms with Crippen LogP contribution >= 0.6 is 0 Å². The van der Waals surface area contributed by atoms with Crippen LogP contribution in [0.2, 0.25) is 0 Å². The smallest absolute Gasteiger partial charge is 0.246 e. The van der Waals surface area contributed by atoms with E-state index in [0.717, 1.165) is 12.8 Å². The highest BCUT2D eigenvalue weighted by molar-refractivity contribution is 7.89. The molecule has 19 heavy (non-hydrogen) atoms. The van der Waals surface area contributed by atoms with Crippen molar-refractivity contribution in [1.82, 2.24) is 14.3 Å². The van der Waals surface area contributed by atoms with E-state index >= 15 is 0 Å². The summed E-state index contributed by atoms with van der Waals surface area (Å²) < 4.78 is 31.7. The van der Waals surface area contributed by atoms with Crippen LogP contribution in [0.3, 0.4) is 0 Å². The monoisotopic (exact) mass is 286 g/mol. The van der Waals surface area contributed by atoms with Gasteiger partial charge in [0, 0.05) is 20.2 Å². The summed E-state index contributed by atoms with van der Waals surface area (Å²) in [6.45, 7) is 2.72. The number of hydrogen-bond donors (Lipinski definition) is 1. The predicted octanol–water partition coefficient (Wildman–Crippen LogP) is 0.248. The number of anilines is 1. The highest BCUT2D eigenvalue weighted by Gasteiger charge is 2.37. The molecule has 1 unspecified atom stereocenters. The largest absolute Gasteiger partial charge is 0.377 e. The molecule has 2 rings (SSSR count). The lowest BCUT2D eigenvalue weighted by Crippen LogP contribution is -2.49. The van der Waals surface area contributed by atoms with Crippen LogP contribution in [0.1, 0.15) is 19.8 Å². The van der Waals surface area contributed by atoms with Gasteiger partial charge in [0.2, 0.25) is 16.0 Å². The molecule has 106 valence electrons. The Morgan fingerprint density at radius 3 is 2.63 bits per heavy atom. The van der Waals surface area contributed by atoms with Gasteiger partial charge in [0.25, 0.3) is 0 Å². The summed E-state index contributed by atoms with van der Waals surface area (Å²) in [5.41, 5.74) is 4.92. The Labute approximate surface area is 112 Å². The minimum Gasteiger partial charge on any atom is -0.377 e. The number of hydrogen-bond acceptors (Lipinski definition) is 6. The Morgan fingerprint density at radius 1 is 1.42 bits per heavy atom. The first-order chi connectivity index (χ1) is 8.87. The zero-order valence-electron chi connectivity index (χ0n) is 11.0. The lowest BCUT2D eigenvalue weighted by molar-refractivity contribution is -0.0319. The van der Waals surface area contributed by atoms with Crippen LogP contribution in [-0.2, 0) is 14.8 Å². The van der Waals surface area contributed by atoms with Crippen LogP contribution in [0.5, 0.6) is 0 Å². The lowest BCUT2D eigenvalue weighted by atomic mass is 9.96. The maximum absolute atomic E-state index is 12.5. The van der Waals surface area contributed by atoms with E-state index in [2.05, 4.69) is 9.97 Å². The predicted molar refractivity (Wildman–Crippen MR) is 69.9 cm³/mol. The van der Waals surface area contributed by atoms with E-state index in [1.54, 1.807) is 7.11 Å². The van der Waals surface area contributed by atoms with E-state index in [9.17, 15) is 8.42 Å². The van der Waals surface area contributed by atoms with Crippen LogP contribution in [0.4, 0.5) is 5.95 Å². The van der Waals surface area contributed by atoms with Gasteiger partial charge in [-0.05, 0) is 19.8 Å². The third-order valence-corrected chi connectivity index (χ3v) is 5.20. The van der Waals surface area contributed by atoms with Gasteiger partial charge in [-0.15, -0.1) is 0 Å². The van der Waals surface area contributed by atoms with E-state index in [1.807, 2.05) is 6.92 Å². The van der Waals surface area contributed by atoms with Crippen molar-refractivity contribution < 1.29 is 13.2 Å². The van der Waals surface area contributed by atoms with Gasteiger partial charge in [0.15, 0.2) is 0 Å². The first-order valence-electron chi connectivity index (χ1n) is 6.00. The maximum Gasteiger partial charge on any atom is 0.246 e.